The average Bonchev–Trinajstić information content (AvgIpc) is 2.38. The van der Waals surface area contributed by atoms with Crippen molar-refractivity contribution in [2.24, 2.45) is 0 Å². The average molecular weight is 292 g/mol. The second kappa shape index (κ2) is 5.66. The second-order valence-corrected chi connectivity index (χ2v) is 4.41. The van der Waals surface area contributed by atoms with Crippen molar-refractivity contribution in [3.63, 3.8) is 0 Å². The zero-order valence-electron chi connectivity index (χ0n) is 10.4. The highest BCUT2D eigenvalue weighted by molar-refractivity contribution is 6.30. The number of carbonyl (C=O) groups excluding carboxylic acids is 1. The molecule has 0 aliphatic carbocycles. The minimum atomic E-state index is -1.26. The first-order valence-corrected chi connectivity index (χ1v) is 5.98. The van der Waals surface area contributed by atoms with E-state index in [-0.39, 0.29) is 11.5 Å². The van der Waals surface area contributed by atoms with Gasteiger partial charge in [-0.15, -0.1) is 0 Å². The molecule has 0 atom stereocenters. The lowest BCUT2D eigenvalue weighted by molar-refractivity contribution is 0.0691. The molecule has 20 heavy (non-hydrogen) atoms. The van der Waals surface area contributed by atoms with Crippen molar-refractivity contribution in [2.75, 3.05) is 5.32 Å². The molecular weight excluding hydrogens is 282 g/mol. The van der Waals surface area contributed by atoms with Gasteiger partial charge in [0.25, 0.3) is 5.91 Å². The number of rotatable bonds is 3. The Morgan fingerprint density at radius 1 is 1.25 bits per heavy atom. The molecule has 0 bridgehead atoms. The number of carboxylic acid groups (broad SMARTS) is 1. The lowest BCUT2D eigenvalue weighted by Gasteiger charge is -2.08. The predicted molar refractivity (Wildman–Crippen MR) is 73.1 cm³/mol. The SMILES string of the molecule is Cc1cc(Cl)ccc1C(=O)Nc1nccnc1C(=O)O. The first kappa shape index (κ1) is 14.0. The number of halogens is 1. The molecule has 6 nitrogen and oxygen atoms in total. The molecule has 7 heteroatoms. The molecule has 1 aromatic carbocycles. The van der Waals surface area contributed by atoms with Gasteiger partial charge in [-0.1, -0.05) is 11.6 Å². The molecule has 0 saturated carbocycles. The Morgan fingerprint density at radius 3 is 2.60 bits per heavy atom. The Hall–Kier alpha value is -2.47. The summed E-state index contributed by atoms with van der Waals surface area (Å²) in [5, 5.41) is 11.9. The van der Waals surface area contributed by atoms with Crippen LogP contribution in [-0.2, 0) is 0 Å². The molecule has 0 radical (unpaired) electrons. The van der Waals surface area contributed by atoms with Gasteiger partial charge in [-0.2, -0.15) is 0 Å². The van der Waals surface area contributed by atoms with Gasteiger partial charge >= 0.3 is 5.97 Å². The number of aryl methyl sites for hydroxylation is 1. The molecule has 0 fully saturated rings. The Morgan fingerprint density at radius 2 is 1.95 bits per heavy atom. The van der Waals surface area contributed by atoms with E-state index in [4.69, 9.17) is 16.7 Å². The number of hydrogen-bond donors (Lipinski definition) is 2. The summed E-state index contributed by atoms with van der Waals surface area (Å²) in [6.07, 6.45) is 2.55. The summed E-state index contributed by atoms with van der Waals surface area (Å²) in [7, 11) is 0. The number of hydrogen-bond acceptors (Lipinski definition) is 4. The number of aromatic carboxylic acids is 1. The predicted octanol–water partition coefficient (Wildman–Crippen LogP) is 2.39. The van der Waals surface area contributed by atoms with Crippen LogP contribution >= 0.6 is 11.6 Å². The van der Waals surface area contributed by atoms with Gasteiger partial charge in [0, 0.05) is 23.0 Å². The molecule has 0 saturated heterocycles. The van der Waals surface area contributed by atoms with Crippen molar-refractivity contribution in [2.45, 2.75) is 6.92 Å². The fourth-order valence-corrected chi connectivity index (χ4v) is 1.87. The molecule has 2 aromatic rings. The van der Waals surface area contributed by atoms with Crippen LogP contribution in [0.1, 0.15) is 26.4 Å². The van der Waals surface area contributed by atoms with E-state index in [2.05, 4.69) is 15.3 Å². The highest BCUT2D eigenvalue weighted by atomic mass is 35.5. The van der Waals surface area contributed by atoms with Crippen molar-refractivity contribution >= 4 is 29.3 Å². The van der Waals surface area contributed by atoms with E-state index in [1.54, 1.807) is 25.1 Å². The van der Waals surface area contributed by atoms with E-state index in [0.717, 1.165) is 0 Å². The van der Waals surface area contributed by atoms with E-state index in [1.807, 2.05) is 0 Å². The highest BCUT2D eigenvalue weighted by Crippen LogP contribution is 2.17. The maximum atomic E-state index is 12.1. The van der Waals surface area contributed by atoms with E-state index < -0.39 is 11.9 Å². The lowest BCUT2D eigenvalue weighted by Crippen LogP contribution is -2.17. The molecule has 1 heterocycles. The third-order valence-electron chi connectivity index (χ3n) is 2.57. The third-order valence-corrected chi connectivity index (χ3v) is 2.80. The van der Waals surface area contributed by atoms with Crippen LogP contribution in [0.4, 0.5) is 5.82 Å². The van der Waals surface area contributed by atoms with Crippen LogP contribution in [0.25, 0.3) is 0 Å². The first-order chi connectivity index (χ1) is 9.49. The Labute approximate surface area is 119 Å². The van der Waals surface area contributed by atoms with Gasteiger partial charge < -0.3 is 10.4 Å². The molecule has 0 spiro atoms. The maximum Gasteiger partial charge on any atom is 0.358 e. The summed E-state index contributed by atoms with van der Waals surface area (Å²) in [5.74, 6) is -1.83. The van der Waals surface area contributed by atoms with Gasteiger partial charge in [0.1, 0.15) is 0 Å². The van der Waals surface area contributed by atoms with Crippen molar-refractivity contribution in [1.29, 1.82) is 0 Å². The molecule has 1 amide bonds. The van der Waals surface area contributed by atoms with Gasteiger partial charge in [-0.3, -0.25) is 4.79 Å². The van der Waals surface area contributed by atoms with Crippen LogP contribution in [0.2, 0.25) is 5.02 Å². The summed E-state index contributed by atoms with van der Waals surface area (Å²) in [4.78, 5) is 30.6. The highest BCUT2D eigenvalue weighted by Gasteiger charge is 2.17. The Balaban J connectivity index is 2.30. The van der Waals surface area contributed by atoms with Crippen LogP contribution < -0.4 is 5.32 Å². The zero-order valence-corrected chi connectivity index (χ0v) is 11.2. The number of nitrogens with zero attached hydrogens (tertiary/aromatic N) is 2. The van der Waals surface area contributed by atoms with Crippen LogP contribution in [0.5, 0.6) is 0 Å². The smallest absolute Gasteiger partial charge is 0.358 e. The second-order valence-electron chi connectivity index (χ2n) is 3.97. The number of carboxylic acids is 1. The molecule has 2 rings (SSSR count). The van der Waals surface area contributed by atoms with Gasteiger partial charge in [-0.05, 0) is 30.7 Å². The van der Waals surface area contributed by atoms with Gasteiger partial charge in [-0.25, -0.2) is 14.8 Å². The number of aromatic nitrogens is 2. The molecular formula is C13H10ClN3O3. The fourth-order valence-electron chi connectivity index (χ4n) is 1.64. The van der Waals surface area contributed by atoms with Gasteiger partial charge in [0.15, 0.2) is 11.5 Å². The zero-order chi connectivity index (χ0) is 14.7. The lowest BCUT2D eigenvalue weighted by atomic mass is 10.1. The van der Waals surface area contributed by atoms with E-state index >= 15 is 0 Å². The van der Waals surface area contributed by atoms with E-state index in [9.17, 15) is 9.59 Å². The van der Waals surface area contributed by atoms with E-state index in [0.29, 0.717) is 16.1 Å². The number of amides is 1. The topological polar surface area (TPSA) is 92.2 Å². The van der Waals surface area contributed by atoms with E-state index in [1.165, 1.54) is 12.4 Å². The first-order valence-electron chi connectivity index (χ1n) is 5.61. The number of nitrogens with one attached hydrogen (secondary N) is 1. The molecule has 0 aliphatic heterocycles. The maximum absolute atomic E-state index is 12.1. The van der Waals surface area contributed by atoms with Crippen molar-refractivity contribution in [3.8, 4) is 0 Å². The monoisotopic (exact) mass is 291 g/mol. The van der Waals surface area contributed by atoms with Crippen LogP contribution in [0.3, 0.4) is 0 Å². The van der Waals surface area contributed by atoms with Crippen LogP contribution in [0.15, 0.2) is 30.6 Å². The molecule has 0 unspecified atom stereocenters. The summed E-state index contributed by atoms with van der Waals surface area (Å²) in [6.45, 7) is 1.73. The number of carbonyl (C=O) groups is 2. The van der Waals surface area contributed by atoms with Crippen LogP contribution in [0, 0.1) is 6.92 Å². The van der Waals surface area contributed by atoms with Crippen LogP contribution in [-0.4, -0.2) is 27.0 Å². The molecule has 0 aliphatic rings. The summed E-state index contributed by atoms with van der Waals surface area (Å²) in [6, 6.07) is 4.79. The summed E-state index contributed by atoms with van der Waals surface area (Å²) in [5.41, 5.74) is 0.750. The minimum Gasteiger partial charge on any atom is -0.476 e. The van der Waals surface area contributed by atoms with Crippen molar-refractivity contribution in [3.05, 3.63) is 52.4 Å². The molecule has 2 N–H and O–H groups in total. The largest absolute Gasteiger partial charge is 0.476 e. The number of anilines is 1. The Kier molecular flexibility index (Phi) is 3.95. The van der Waals surface area contributed by atoms with Crippen molar-refractivity contribution in [1.82, 2.24) is 9.97 Å². The van der Waals surface area contributed by atoms with Gasteiger partial charge in [0.2, 0.25) is 0 Å². The fraction of sp³-hybridized carbons (Fsp3) is 0.0769. The summed E-state index contributed by atoms with van der Waals surface area (Å²) >= 11 is 5.82. The Bertz CT molecular complexity index is 688. The standard InChI is InChI=1S/C13H10ClN3O3/c1-7-6-8(14)2-3-9(7)12(18)17-11-10(13(19)20)15-4-5-16-11/h2-6H,1H3,(H,19,20)(H,16,17,18). The molecule has 102 valence electrons. The summed E-state index contributed by atoms with van der Waals surface area (Å²) < 4.78 is 0. The quantitative estimate of drug-likeness (QED) is 0.906. The molecule has 1 aromatic heterocycles. The third kappa shape index (κ3) is 2.92. The normalized spacial score (nSPS) is 10.1. The minimum absolute atomic E-state index is 0.0978. The van der Waals surface area contributed by atoms with Gasteiger partial charge in [0.05, 0.1) is 0 Å². The van der Waals surface area contributed by atoms with Crippen molar-refractivity contribution < 1.29 is 14.7 Å². The number of benzene rings is 1.